The lowest BCUT2D eigenvalue weighted by atomic mass is 10.2. The molecule has 20 heavy (non-hydrogen) atoms. The molecule has 0 bridgehead atoms. The van der Waals surface area contributed by atoms with Gasteiger partial charge in [0.1, 0.15) is 6.61 Å². The van der Waals surface area contributed by atoms with Crippen molar-refractivity contribution < 1.29 is 14.6 Å². The van der Waals surface area contributed by atoms with Crippen LogP contribution in [-0.2, 0) is 9.53 Å². The maximum Gasteiger partial charge on any atom is 0.338 e. The average molecular weight is 276 g/mol. The molecule has 0 radical (unpaired) electrons. The quantitative estimate of drug-likeness (QED) is 0.439. The number of ether oxygens (including phenoxy) is 1. The molecule has 0 unspecified atom stereocenters. The Labute approximate surface area is 122 Å². The van der Waals surface area contributed by atoms with E-state index in [1.54, 1.807) is 49.5 Å². The van der Waals surface area contributed by atoms with Crippen molar-refractivity contribution in [3.63, 3.8) is 0 Å². The van der Waals surface area contributed by atoms with Crippen LogP contribution in [0.4, 0.5) is 0 Å². The molecule has 0 atom stereocenters. The predicted molar refractivity (Wildman–Crippen MR) is 85.3 cm³/mol. The number of esters is 1. The zero-order chi connectivity index (χ0) is 15.8. The highest BCUT2D eigenvalue weighted by molar-refractivity contribution is 5.92. The minimum Gasteiger partial charge on any atom is -0.457 e. The summed E-state index contributed by atoms with van der Waals surface area (Å²) in [6, 6.07) is 0. The third-order valence-corrected chi connectivity index (χ3v) is 1.84. The summed E-state index contributed by atoms with van der Waals surface area (Å²) in [5.74, 6) is -0.389. The van der Waals surface area contributed by atoms with Crippen molar-refractivity contribution in [2.75, 3.05) is 13.2 Å². The predicted octanol–water partition coefficient (Wildman–Crippen LogP) is 3.52. The molecular weight excluding hydrogens is 252 g/mol. The molecule has 0 aliphatic heterocycles. The number of rotatable bonds is 7. The summed E-state index contributed by atoms with van der Waals surface area (Å²) in [5, 5.41) is 7.57. The molecule has 0 saturated heterocycles. The van der Waals surface area contributed by atoms with E-state index in [1.165, 1.54) is 0 Å². The number of aliphatic hydroxyl groups excluding tert-OH is 1. The molecule has 0 aromatic rings. The van der Waals surface area contributed by atoms with E-state index in [0.29, 0.717) is 5.57 Å². The molecular formula is C17H24O3. The van der Waals surface area contributed by atoms with Crippen LogP contribution < -0.4 is 0 Å². The molecule has 3 nitrogen and oxygen atoms in total. The van der Waals surface area contributed by atoms with Gasteiger partial charge in [-0.3, -0.25) is 0 Å². The molecule has 0 fully saturated rings. The van der Waals surface area contributed by atoms with Gasteiger partial charge in [0.25, 0.3) is 0 Å². The van der Waals surface area contributed by atoms with Crippen LogP contribution in [0, 0.1) is 0 Å². The highest BCUT2D eigenvalue weighted by Crippen LogP contribution is 2.04. The first kappa shape index (κ1) is 20.2. The van der Waals surface area contributed by atoms with Gasteiger partial charge in [0, 0.05) is 6.61 Å². The second-order valence-electron chi connectivity index (χ2n) is 3.43. The van der Waals surface area contributed by atoms with Crippen LogP contribution in [0.3, 0.4) is 0 Å². The van der Waals surface area contributed by atoms with E-state index in [0.717, 1.165) is 5.57 Å². The van der Waals surface area contributed by atoms with Crippen LogP contribution in [0.1, 0.15) is 13.8 Å². The van der Waals surface area contributed by atoms with Gasteiger partial charge < -0.3 is 9.84 Å². The van der Waals surface area contributed by atoms with Gasteiger partial charge in [-0.25, -0.2) is 4.79 Å². The van der Waals surface area contributed by atoms with Crippen LogP contribution in [0.15, 0.2) is 73.4 Å². The Morgan fingerprint density at radius 2 is 1.75 bits per heavy atom. The largest absolute Gasteiger partial charge is 0.457 e. The lowest BCUT2D eigenvalue weighted by Crippen LogP contribution is -2.08. The minimum absolute atomic E-state index is 0.181. The Balaban J connectivity index is 0. The Kier molecular flexibility index (Phi) is 15.1. The summed E-state index contributed by atoms with van der Waals surface area (Å²) in [7, 11) is 0. The van der Waals surface area contributed by atoms with Crippen molar-refractivity contribution in [2.24, 2.45) is 0 Å². The normalized spacial score (nSPS) is 11.3. The van der Waals surface area contributed by atoms with Crippen LogP contribution in [0.25, 0.3) is 0 Å². The van der Waals surface area contributed by atoms with Crippen molar-refractivity contribution in [1.29, 1.82) is 0 Å². The van der Waals surface area contributed by atoms with Gasteiger partial charge in [-0.1, -0.05) is 56.2 Å². The zero-order valence-electron chi connectivity index (χ0n) is 12.3. The first-order valence-electron chi connectivity index (χ1n) is 6.28. The number of carbonyl (C=O) groups is 1. The zero-order valence-corrected chi connectivity index (χ0v) is 12.3. The fourth-order valence-corrected chi connectivity index (χ4v) is 1.06. The molecule has 0 aliphatic rings. The molecule has 0 aliphatic carbocycles. The molecule has 0 amide bonds. The maximum atomic E-state index is 11.7. The highest BCUT2D eigenvalue weighted by atomic mass is 16.5. The van der Waals surface area contributed by atoms with Crippen molar-refractivity contribution in [2.45, 2.75) is 13.8 Å². The summed E-state index contributed by atoms with van der Waals surface area (Å²) in [6.07, 6.45) is 11.6. The lowest BCUT2D eigenvalue weighted by molar-refractivity contribution is -0.137. The molecule has 0 rings (SSSR count). The molecule has 1 N–H and O–H groups in total. The van der Waals surface area contributed by atoms with E-state index in [9.17, 15) is 4.79 Å². The third kappa shape index (κ3) is 11.0. The van der Waals surface area contributed by atoms with Crippen LogP contribution >= 0.6 is 0 Å². The van der Waals surface area contributed by atoms with Crippen molar-refractivity contribution >= 4 is 5.97 Å². The van der Waals surface area contributed by atoms with Crippen LogP contribution in [-0.4, -0.2) is 24.3 Å². The molecule has 110 valence electrons. The monoisotopic (exact) mass is 276 g/mol. The average Bonchev–Trinajstić information content (AvgIpc) is 2.43. The minimum atomic E-state index is -0.389. The smallest absolute Gasteiger partial charge is 0.338 e. The standard InChI is InChI=1S/C15H18O2.C2H6O/c1-5-9-13(8-4)12-17-15(16)14(10-6-2)11-7-3;1-2-3/h5-11H,1-2,4,12H2,3H3;3H,2H2,1H3/b11-7-,13-9+,14-10+;. The Hall–Kier alpha value is -2.13. The molecule has 0 saturated carbocycles. The van der Waals surface area contributed by atoms with Gasteiger partial charge in [-0.2, -0.15) is 0 Å². The van der Waals surface area contributed by atoms with Crippen LogP contribution in [0.5, 0.6) is 0 Å². The van der Waals surface area contributed by atoms with E-state index in [-0.39, 0.29) is 19.2 Å². The lowest BCUT2D eigenvalue weighted by Gasteiger charge is -2.05. The van der Waals surface area contributed by atoms with E-state index in [2.05, 4.69) is 19.7 Å². The first-order valence-corrected chi connectivity index (χ1v) is 6.28. The number of hydrogen-bond acceptors (Lipinski definition) is 3. The topological polar surface area (TPSA) is 46.5 Å². The maximum absolute atomic E-state index is 11.7. The van der Waals surface area contributed by atoms with Gasteiger partial charge in [-0.05, 0) is 25.5 Å². The van der Waals surface area contributed by atoms with Gasteiger partial charge in [0.15, 0.2) is 0 Å². The first-order chi connectivity index (χ1) is 9.60. The molecule has 0 aromatic carbocycles. The van der Waals surface area contributed by atoms with Gasteiger partial charge in [-0.15, -0.1) is 0 Å². The summed E-state index contributed by atoms with van der Waals surface area (Å²) < 4.78 is 5.12. The summed E-state index contributed by atoms with van der Waals surface area (Å²) >= 11 is 0. The van der Waals surface area contributed by atoms with E-state index in [4.69, 9.17) is 9.84 Å². The van der Waals surface area contributed by atoms with Crippen molar-refractivity contribution in [3.8, 4) is 0 Å². The fourth-order valence-electron chi connectivity index (χ4n) is 1.06. The SMILES string of the molecule is C=C/C=C(\C=C)COC(=O)C(/C=C\C)=C/C=C.CCO. The number of allylic oxidation sites excluding steroid dienone is 5. The second kappa shape index (κ2) is 14.9. The summed E-state index contributed by atoms with van der Waals surface area (Å²) in [6.45, 7) is 14.7. The number of aliphatic hydroxyl groups is 1. The van der Waals surface area contributed by atoms with Crippen molar-refractivity contribution in [3.05, 3.63) is 73.4 Å². The Morgan fingerprint density at radius 1 is 1.20 bits per heavy atom. The summed E-state index contributed by atoms with van der Waals surface area (Å²) in [4.78, 5) is 11.7. The second-order valence-corrected chi connectivity index (χ2v) is 3.43. The number of carbonyl (C=O) groups excluding carboxylic acids is 1. The van der Waals surface area contributed by atoms with Gasteiger partial charge in [0.2, 0.25) is 0 Å². The van der Waals surface area contributed by atoms with E-state index in [1.807, 2.05) is 6.92 Å². The molecule has 0 heterocycles. The Morgan fingerprint density at radius 3 is 2.15 bits per heavy atom. The van der Waals surface area contributed by atoms with Gasteiger partial charge in [0.05, 0.1) is 5.57 Å². The van der Waals surface area contributed by atoms with E-state index >= 15 is 0 Å². The molecule has 0 spiro atoms. The van der Waals surface area contributed by atoms with E-state index < -0.39 is 0 Å². The van der Waals surface area contributed by atoms with Crippen molar-refractivity contribution in [1.82, 2.24) is 0 Å². The van der Waals surface area contributed by atoms with Gasteiger partial charge >= 0.3 is 5.97 Å². The molecule has 3 heteroatoms. The number of hydrogen-bond donors (Lipinski definition) is 1. The van der Waals surface area contributed by atoms with Crippen LogP contribution in [0.2, 0.25) is 0 Å². The Bertz CT molecular complexity index is 398. The highest BCUT2D eigenvalue weighted by Gasteiger charge is 2.06. The summed E-state index contributed by atoms with van der Waals surface area (Å²) in [5.41, 5.74) is 1.26. The third-order valence-electron chi connectivity index (χ3n) is 1.84. The molecule has 0 aromatic heterocycles. The fraction of sp³-hybridized carbons (Fsp3) is 0.235.